The van der Waals surface area contributed by atoms with Gasteiger partial charge in [-0.2, -0.15) is 5.26 Å². The number of rotatable bonds is 8. The molecule has 0 bridgehead atoms. The highest BCUT2D eigenvalue weighted by Gasteiger charge is 2.26. The molecule has 1 atom stereocenters. The second-order valence-corrected chi connectivity index (χ2v) is 16.4. The summed E-state index contributed by atoms with van der Waals surface area (Å²) in [6.07, 6.45) is 6.15. The fourth-order valence-electron chi connectivity index (χ4n) is 8.17. The van der Waals surface area contributed by atoms with Crippen molar-refractivity contribution in [2.24, 2.45) is 0 Å². The molecule has 0 amide bonds. The lowest BCUT2D eigenvalue weighted by atomic mass is 9.91. The van der Waals surface area contributed by atoms with Crippen LogP contribution >= 0.6 is 22.7 Å². The van der Waals surface area contributed by atoms with Gasteiger partial charge in [-0.05, 0) is 104 Å². The van der Waals surface area contributed by atoms with E-state index in [1.165, 1.54) is 68.5 Å². The van der Waals surface area contributed by atoms with Gasteiger partial charge in [0.05, 0.1) is 11.6 Å². The fourth-order valence-corrected chi connectivity index (χ4v) is 10.7. The van der Waals surface area contributed by atoms with Gasteiger partial charge in [0.2, 0.25) is 0 Å². The number of thiophene rings is 2. The SMILES string of the molecule is C=Cc1c(/C=C\C)sc2c(-c3ccc(-c4ccc(-c5cccc(-c6ccc(-c7cccc8c7sc7ccccc78)cc6C6CN6)c5)cc4)c(C#N)c3)cccc12. The molecule has 0 aliphatic carbocycles. The molecule has 4 heteroatoms. The number of hydrogen-bond acceptors (Lipinski definition) is 4. The minimum absolute atomic E-state index is 0.355. The Bertz CT molecular complexity index is 3070. The Kier molecular flexibility index (Phi) is 8.57. The summed E-state index contributed by atoms with van der Waals surface area (Å²) < 4.78 is 3.88. The standard InChI is InChI=1S/C52H36N2S2/c1-3-10-49-39(4-2)45-16-8-14-42(51(45)55-49)36-23-25-40(38(28-36)30-53)33-21-19-32(20-22-33)34-11-7-12-35(27-34)41-26-24-37(29-47(41)48-31-54-48)43-15-9-17-46-44-13-5-6-18-50(44)56-52(43)46/h3-29,48,54H,2,31H2,1H3/b10-3-. The van der Waals surface area contributed by atoms with E-state index >= 15 is 0 Å². The zero-order valence-electron chi connectivity index (χ0n) is 30.8. The second kappa shape index (κ2) is 14.1. The Morgan fingerprint density at radius 3 is 1.98 bits per heavy atom. The fraction of sp³-hybridized carbons (Fsp3) is 0.0577. The predicted octanol–water partition coefficient (Wildman–Crippen LogP) is 14.8. The first-order valence-corrected chi connectivity index (χ1v) is 20.6. The molecule has 0 spiro atoms. The van der Waals surface area contributed by atoms with Crippen LogP contribution in [0.4, 0.5) is 0 Å². The third-order valence-corrected chi connectivity index (χ3v) is 13.4. The molecule has 2 aromatic heterocycles. The van der Waals surface area contributed by atoms with Crippen molar-refractivity contribution in [2.75, 3.05) is 6.54 Å². The van der Waals surface area contributed by atoms with E-state index in [1.54, 1.807) is 11.3 Å². The molecule has 2 nitrogen and oxygen atoms in total. The molecular weight excluding hydrogens is 717 g/mol. The average molecular weight is 753 g/mol. The van der Waals surface area contributed by atoms with E-state index in [4.69, 9.17) is 0 Å². The highest BCUT2D eigenvalue weighted by atomic mass is 32.1. The number of hydrogen-bond donors (Lipinski definition) is 1. The van der Waals surface area contributed by atoms with E-state index in [9.17, 15) is 5.26 Å². The van der Waals surface area contributed by atoms with Gasteiger partial charge in [-0.1, -0.05) is 140 Å². The van der Waals surface area contributed by atoms with E-state index in [0.29, 0.717) is 11.6 Å². The van der Waals surface area contributed by atoms with Crippen LogP contribution < -0.4 is 5.32 Å². The zero-order valence-corrected chi connectivity index (χ0v) is 32.5. The molecule has 1 aliphatic rings. The Morgan fingerprint density at radius 1 is 0.607 bits per heavy atom. The van der Waals surface area contributed by atoms with Crippen LogP contribution in [-0.4, -0.2) is 6.54 Å². The molecule has 0 saturated carbocycles. The van der Waals surface area contributed by atoms with Crippen LogP contribution in [0.5, 0.6) is 0 Å². The van der Waals surface area contributed by atoms with Crippen molar-refractivity contribution in [3.8, 4) is 61.7 Å². The largest absolute Gasteiger partial charge is 0.307 e. The first kappa shape index (κ1) is 34.2. The molecule has 266 valence electrons. The zero-order chi connectivity index (χ0) is 37.8. The molecule has 56 heavy (non-hydrogen) atoms. The van der Waals surface area contributed by atoms with E-state index in [-0.39, 0.29) is 0 Å². The average Bonchev–Trinajstić information content (AvgIpc) is 3.94. The third-order valence-electron chi connectivity index (χ3n) is 11.0. The number of nitriles is 1. The van der Waals surface area contributed by atoms with Crippen LogP contribution in [0.25, 0.3) is 98.0 Å². The van der Waals surface area contributed by atoms with Gasteiger partial charge in [-0.25, -0.2) is 0 Å². The summed E-state index contributed by atoms with van der Waals surface area (Å²) in [5.41, 5.74) is 14.6. The molecule has 1 saturated heterocycles. The van der Waals surface area contributed by atoms with Gasteiger partial charge >= 0.3 is 0 Å². The molecule has 1 aliphatic heterocycles. The molecular formula is C52H36N2S2. The minimum Gasteiger partial charge on any atom is -0.307 e. The summed E-state index contributed by atoms with van der Waals surface area (Å²) >= 11 is 3.65. The van der Waals surface area contributed by atoms with Crippen molar-refractivity contribution >= 4 is 65.1 Å². The predicted molar refractivity (Wildman–Crippen MR) is 242 cm³/mol. The molecule has 3 heterocycles. The number of nitrogens with one attached hydrogen (secondary N) is 1. The van der Waals surface area contributed by atoms with Gasteiger partial charge in [0.1, 0.15) is 0 Å². The molecule has 7 aromatic carbocycles. The maximum absolute atomic E-state index is 10.3. The van der Waals surface area contributed by atoms with E-state index in [2.05, 4.69) is 170 Å². The van der Waals surface area contributed by atoms with Crippen molar-refractivity contribution < 1.29 is 0 Å². The van der Waals surface area contributed by atoms with Crippen molar-refractivity contribution in [1.29, 1.82) is 5.26 Å². The normalized spacial score (nSPS) is 13.8. The Labute approximate surface area is 335 Å². The third kappa shape index (κ3) is 5.89. The summed E-state index contributed by atoms with van der Waals surface area (Å²) in [5.74, 6) is 0. The van der Waals surface area contributed by atoms with Crippen LogP contribution in [0.1, 0.15) is 34.5 Å². The summed E-state index contributed by atoms with van der Waals surface area (Å²) in [7, 11) is 0. The van der Waals surface area contributed by atoms with Gasteiger partial charge in [0.25, 0.3) is 0 Å². The molecule has 9 aromatic rings. The number of allylic oxidation sites excluding steroid dienone is 1. The highest BCUT2D eigenvalue weighted by Crippen LogP contribution is 2.44. The second-order valence-electron chi connectivity index (χ2n) is 14.3. The van der Waals surface area contributed by atoms with Gasteiger partial charge in [0.15, 0.2) is 0 Å². The molecule has 1 fully saturated rings. The van der Waals surface area contributed by atoms with Crippen molar-refractivity contribution in [3.05, 3.63) is 180 Å². The maximum atomic E-state index is 10.3. The molecule has 1 N–H and O–H groups in total. The summed E-state index contributed by atoms with van der Waals surface area (Å²) in [5, 5.41) is 17.8. The number of nitrogens with zero attached hydrogens (tertiary/aromatic N) is 1. The number of fused-ring (bicyclic) bond motifs is 4. The Hall–Kier alpha value is -6.35. The monoisotopic (exact) mass is 752 g/mol. The highest BCUT2D eigenvalue weighted by molar-refractivity contribution is 7.26. The van der Waals surface area contributed by atoms with Gasteiger partial charge in [0, 0.05) is 47.7 Å². The topological polar surface area (TPSA) is 45.7 Å². The summed E-state index contributed by atoms with van der Waals surface area (Å²) in [6, 6.07) is 55.4. The first-order valence-electron chi connectivity index (χ1n) is 19.0. The first-order chi connectivity index (χ1) is 27.6. The van der Waals surface area contributed by atoms with Crippen molar-refractivity contribution in [1.82, 2.24) is 5.32 Å². The quantitative estimate of drug-likeness (QED) is 0.157. The Balaban J connectivity index is 0.960. The molecule has 10 rings (SSSR count). The number of benzene rings is 7. The van der Waals surface area contributed by atoms with Gasteiger partial charge in [-0.15, -0.1) is 22.7 Å². The lowest BCUT2D eigenvalue weighted by molar-refractivity contribution is 1.08. The van der Waals surface area contributed by atoms with Crippen molar-refractivity contribution in [2.45, 2.75) is 13.0 Å². The van der Waals surface area contributed by atoms with Crippen LogP contribution in [0.15, 0.2) is 158 Å². The van der Waals surface area contributed by atoms with Crippen LogP contribution in [0.3, 0.4) is 0 Å². The van der Waals surface area contributed by atoms with Crippen LogP contribution in [-0.2, 0) is 0 Å². The van der Waals surface area contributed by atoms with Gasteiger partial charge < -0.3 is 5.32 Å². The van der Waals surface area contributed by atoms with Crippen molar-refractivity contribution in [3.63, 3.8) is 0 Å². The maximum Gasteiger partial charge on any atom is 0.0998 e. The smallest absolute Gasteiger partial charge is 0.0998 e. The summed E-state index contributed by atoms with van der Waals surface area (Å²) in [6.45, 7) is 7.11. The molecule has 0 radical (unpaired) electrons. The van der Waals surface area contributed by atoms with Gasteiger partial charge in [-0.3, -0.25) is 0 Å². The minimum atomic E-state index is 0.355. The van der Waals surface area contributed by atoms with Crippen LogP contribution in [0.2, 0.25) is 0 Å². The summed E-state index contributed by atoms with van der Waals surface area (Å²) in [4.78, 5) is 1.20. The van der Waals surface area contributed by atoms with E-state index < -0.39 is 0 Å². The lowest BCUT2D eigenvalue weighted by Crippen LogP contribution is -1.93. The molecule has 1 unspecified atom stereocenters. The van der Waals surface area contributed by atoms with E-state index in [0.717, 1.165) is 39.9 Å². The Morgan fingerprint density at radius 2 is 1.23 bits per heavy atom. The van der Waals surface area contributed by atoms with Crippen LogP contribution in [0, 0.1) is 11.3 Å². The van der Waals surface area contributed by atoms with E-state index in [1.807, 2.05) is 30.4 Å². The lowest BCUT2D eigenvalue weighted by Gasteiger charge is -2.14.